The van der Waals surface area contributed by atoms with Gasteiger partial charge in [0.25, 0.3) is 0 Å². The molecule has 0 saturated carbocycles. The fourth-order valence-corrected chi connectivity index (χ4v) is 5.26. The molecule has 0 spiro atoms. The topological polar surface area (TPSA) is 84.9 Å². The van der Waals surface area contributed by atoms with Crippen LogP contribution in [0.2, 0.25) is 5.02 Å². The number of carbonyl (C=O) groups is 1. The van der Waals surface area contributed by atoms with Crippen LogP contribution in [0.25, 0.3) is 0 Å². The first-order valence-corrected chi connectivity index (χ1v) is 11.4. The Balaban J connectivity index is 1.71. The minimum atomic E-state index is -3.84. The van der Waals surface area contributed by atoms with Crippen molar-refractivity contribution in [2.75, 3.05) is 27.3 Å². The molecule has 162 valence electrons. The normalized spacial score (nSPS) is 17.4. The highest BCUT2D eigenvalue weighted by molar-refractivity contribution is 7.89. The number of nitrogens with zero attached hydrogens (tertiary/aromatic N) is 1. The van der Waals surface area contributed by atoms with Gasteiger partial charge in [-0.3, -0.25) is 4.79 Å². The number of halogens is 1. The third kappa shape index (κ3) is 5.06. The van der Waals surface area contributed by atoms with Crippen LogP contribution in [0.15, 0.2) is 47.4 Å². The third-order valence-electron chi connectivity index (χ3n) is 5.12. The maximum Gasteiger partial charge on any atom is 0.246 e. The Morgan fingerprint density at radius 1 is 1.17 bits per heavy atom. The molecule has 1 heterocycles. The van der Waals surface area contributed by atoms with Crippen molar-refractivity contribution in [2.24, 2.45) is 5.92 Å². The molecule has 7 nitrogen and oxygen atoms in total. The number of nitrogens with one attached hydrogen (secondary N) is 1. The monoisotopic (exact) mass is 452 g/mol. The number of methoxy groups -OCH3 is 2. The largest absolute Gasteiger partial charge is 0.497 e. The molecule has 2 aromatic rings. The van der Waals surface area contributed by atoms with E-state index < -0.39 is 15.9 Å². The summed E-state index contributed by atoms with van der Waals surface area (Å²) in [7, 11) is -0.949. The summed E-state index contributed by atoms with van der Waals surface area (Å²) in [5, 5.41) is 3.52. The lowest BCUT2D eigenvalue weighted by Gasteiger charge is -2.31. The molecule has 3 rings (SSSR count). The quantitative estimate of drug-likeness (QED) is 0.697. The van der Waals surface area contributed by atoms with Crippen LogP contribution in [0.3, 0.4) is 0 Å². The summed E-state index contributed by atoms with van der Waals surface area (Å²) >= 11 is 5.88. The SMILES string of the molecule is COc1ccc(OC)c(S(=O)(=O)N2CCC[C@H](C(=O)NCc3ccc(Cl)cc3)C2)c1. The summed E-state index contributed by atoms with van der Waals surface area (Å²) in [5.74, 6) is 0.0774. The van der Waals surface area contributed by atoms with E-state index in [0.717, 1.165) is 5.56 Å². The lowest BCUT2D eigenvalue weighted by atomic mass is 9.99. The first kappa shape index (κ1) is 22.4. The lowest BCUT2D eigenvalue weighted by molar-refractivity contribution is -0.126. The molecule has 0 bridgehead atoms. The number of carbonyl (C=O) groups excluding carboxylic acids is 1. The Labute approximate surface area is 182 Å². The Bertz CT molecular complexity index is 995. The van der Waals surface area contributed by atoms with Crippen molar-refractivity contribution in [1.29, 1.82) is 0 Å². The first-order chi connectivity index (χ1) is 14.3. The van der Waals surface area contributed by atoms with Crippen LogP contribution < -0.4 is 14.8 Å². The van der Waals surface area contributed by atoms with Crippen molar-refractivity contribution in [3.8, 4) is 11.5 Å². The molecule has 0 aliphatic carbocycles. The van der Waals surface area contributed by atoms with E-state index in [9.17, 15) is 13.2 Å². The van der Waals surface area contributed by atoms with E-state index in [1.165, 1.54) is 24.6 Å². The predicted molar refractivity (Wildman–Crippen MR) is 114 cm³/mol. The van der Waals surface area contributed by atoms with Crippen LogP contribution in [0.1, 0.15) is 18.4 Å². The molecule has 0 aromatic heterocycles. The van der Waals surface area contributed by atoms with E-state index in [1.54, 1.807) is 24.3 Å². The summed E-state index contributed by atoms with van der Waals surface area (Å²) in [6.45, 7) is 0.835. The van der Waals surface area contributed by atoms with Gasteiger partial charge >= 0.3 is 0 Å². The second kappa shape index (κ2) is 9.68. The van der Waals surface area contributed by atoms with Gasteiger partial charge < -0.3 is 14.8 Å². The maximum atomic E-state index is 13.3. The van der Waals surface area contributed by atoms with E-state index in [-0.39, 0.29) is 23.1 Å². The predicted octanol–water partition coefficient (Wildman–Crippen LogP) is 3.07. The number of amides is 1. The van der Waals surface area contributed by atoms with Crippen molar-refractivity contribution in [3.05, 3.63) is 53.1 Å². The Hall–Kier alpha value is -2.29. The number of benzene rings is 2. The second-order valence-electron chi connectivity index (χ2n) is 7.06. The number of sulfonamides is 1. The average molecular weight is 453 g/mol. The maximum absolute atomic E-state index is 13.3. The van der Waals surface area contributed by atoms with Gasteiger partial charge in [0.1, 0.15) is 16.4 Å². The number of hydrogen-bond acceptors (Lipinski definition) is 5. The van der Waals surface area contributed by atoms with Crippen molar-refractivity contribution in [3.63, 3.8) is 0 Å². The molecular weight excluding hydrogens is 428 g/mol. The van der Waals surface area contributed by atoms with Gasteiger partial charge in [0.15, 0.2) is 0 Å². The molecule has 1 aliphatic heterocycles. The summed E-state index contributed by atoms with van der Waals surface area (Å²) in [6, 6.07) is 11.9. The first-order valence-electron chi connectivity index (χ1n) is 9.59. The van der Waals surface area contributed by atoms with Crippen LogP contribution in [-0.2, 0) is 21.4 Å². The Kier molecular flexibility index (Phi) is 7.23. The molecule has 0 unspecified atom stereocenters. The zero-order chi connectivity index (χ0) is 21.7. The fourth-order valence-electron chi connectivity index (χ4n) is 3.44. The van der Waals surface area contributed by atoms with Gasteiger partial charge in [-0.1, -0.05) is 23.7 Å². The third-order valence-corrected chi connectivity index (χ3v) is 7.26. The van der Waals surface area contributed by atoms with Gasteiger partial charge in [0, 0.05) is 30.7 Å². The summed E-state index contributed by atoms with van der Waals surface area (Å²) in [4.78, 5) is 12.7. The molecule has 1 amide bonds. The van der Waals surface area contributed by atoms with E-state index in [2.05, 4.69) is 5.32 Å². The highest BCUT2D eigenvalue weighted by atomic mass is 35.5. The van der Waals surface area contributed by atoms with Crippen molar-refractivity contribution >= 4 is 27.5 Å². The van der Waals surface area contributed by atoms with Gasteiger partial charge in [-0.25, -0.2) is 8.42 Å². The molecular formula is C21H25ClN2O5S. The van der Waals surface area contributed by atoms with Gasteiger partial charge in [-0.2, -0.15) is 4.31 Å². The molecule has 1 aliphatic rings. The van der Waals surface area contributed by atoms with Crippen molar-refractivity contribution in [2.45, 2.75) is 24.3 Å². The standard InChI is InChI=1S/C21H25ClN2O5S/c1-28-18-9-10-19(29-2)20(12-18)30(26,27)24-11-3-4-16(14-24)21(25)23-13-15-5-7-17(22)8-6-15/h5-10,12,16H,3-4,11,13-14H2,1-2H3,(H,23,25)/t16-/m0/s1. The van der Waals surface area contributed by atoms with E-state index in [4.69, 9.17) is 21.1 Å². The number of rotatable bonds is 7. The molecule has 1 fully saturated rings. The molecule has 1 N–H and O–H groups in total. The van der Waals surface area contributed by atoms with Crippen LogP contribution in [0, 0.1) is 5.92 Å². The van der Waals surface area contributed by atoms with E-state index >= 15 is 0 Å². The highest BCUT2D eigenvalue weighted by Gasteiger charge is 2.35. The van der Waals surface area contributed by atoms with Gasteiger partial charge in [-0.05, 0) is 42.7 Å². The minimum Gasteiger partial charge on any atom is -0.497 e. The van der Waals surface area contributed by atoms with Crippen molar-refractivity contribution in [1.82, 2.24) is 9.62 Å². The van der Waals surface area contributed by atoms with Gasteiger partial charge in [-0.15, -0.1) is 0 Å². The molecule has 1 atom stereocenters. The summed E-state index contributed by atoms with van der Waals surface area (Å²) in [5.41, 5.74) is 0.925. The zero-order valence-electron chi connectivity index (χ0n) is 16.9. The molecule has 2 aromatic carbocycles. The number of hydrogen-bond donors (Lipinski definition) is 1. The fraction of sp³-hybridized carbons (Fsp3) is 0.381. The molecule has 30 heavy (non-hydrogen) atoms. The zero-order valence-corrected chi connectivity index (χ0v) is 18.5. The summed E-state index contributed by atoms with van der Waals surface area (Å²) in [6.07, 6.45) is 1.23. The van der Waals surface area contributed by atoms with E-state index in [1.807, 2.05) is 12.1 Å². The lowest BCUT2D eigenvalue weighted by Crippen LogP contribution is -2.45. The molecule has 9 heteroatoms. The molecule has 1 saturated heterocycles. The number of piperidine rings is 1. The van der Waals surface area contributed by atoms with Crippen LogP contribution in [0.4, 0.5) is 0 Å². The van der Waals surface area contributed by atoms with Gasteiger partial charge in [0.2, 0.25) is 15.9 Å². The van der Waals surface area contributed by atoms with Crippen LogP contribution in [-0.4, -0.2) is 45.9 Å². The van der Waals surface area contributed by atoms with Crippen molar-refractivity contribution < 1.29 is 22.7 Å². The average Bonchev–Trinajstić information content (AvgIpc) is 2.78. The highest BCUT2D eigenvalue weighted by Crippen LogP contribution is 2.32. The molecule has 0 radical (unpaired) electrons. The number of ether oxygens (including phenoxy) is 2. The summed E-state index contributed by atoms with van der Waals surface area (Å²) < 4.78 is 38.3. The smallest absolute Gasteiger partial charge is 0.246 e. The second-order valence-corrected chi connectivity index (χ2v) is 9.41. The van der Waals surface area contributed by atoms with Crippen LogP contribution in [0.5, 0.6) is 11.5 Å². The Morgan fingerprint density at radius 3 is 2.57 bits per heavy atom. The van der Waals surface area contributed by atoms with E-state index in [0.29, 0.717) is 36.7 Å². The minimum absolute atomic E-state index is 0.0339. The van der Waals surface area contributed by atoms with Crippen LogP contribution >= 0.6 is 11.6 Å². The Morgan fingerprint density at radius 2 is 1.90 bits per heavy atom. The van der Waals surface area contributed by atoms with Gasteiger partial charge in [0.05, 0.1) is 20.1 Å².